The number of pyridine rings is 1. The van der Waals surface area contributed by atoms with Crippen molar-refractivity contribution in [1.29, 1.82) is 0 Å². The molecule has 132 valence electrons. The predicted molar refractivity (Wildman–Crippen MR) is 91.4 cm³/mol. The Kier molecular flexibility index (Phi) is 5.94. The van der Waals surface area contributed by atoms with Crippen LogP contribution in [0.4, 0.5) is 0 Å². The van der Waals surface area contributed by atoms with Gasteiger partial charge in [-0.1, -0.05) is 6.07 Å². The minimum absolute atomic E-state index is 0.102. The number of amides is 1. The lowest BCUT2D eigenvalue weighted by Crippen LogP contribution is -2.34. The van der Waals surface area contributed by atoms with E-state index >= 15 is 0 Å². The van der Waals surface area contributed by atoms with Gasteiger partial charge in [-0.05, 0) is 43.2 Å². The molecule has 0 radical (unpaired) electrons. The van der Waals surface area contributed by atoms with E-state index in [1.54, 1.807) is 14.2 Å². The molecule has 1 aromatic heterocycles. The Morgan fingerprint density at radius 1 is 1.16 bits per heavy atom. The molecule has 1 unspecified atom stereocenters. The van der Waals surface area contributed by atoms with E-state index in [-0.39, 0.29) is 17.6 Å². The number of carbonyl (C=O) groups is 2. The zero-order valence-electron chi connectivity index (χ0n) is 14.3. The van der Waals surface area contributed by atoms with Crippen molar-refractivity contribution in [3.05, 3.63) is 53.3 Å². The third-order valence-electron chi connectivity index (χ3n) is 3.61. The fourth-order valence-corrected chi connectivity index (χ4v) is 2.37. The van der Waals surface area contributed by atoms with Crippen molar-refractivity contribution in [1.82, 2.24) is 10.3 Å². The number of nitrogens with one attached hydrogen (secondary N) is 1. The highest BCUT2D eigenvalue weighted by atomic mass is 16.5. The molecule has 1 amide bonds. The van der Waals surface area contributed by atoms with Crippen molar-refractivity contribution in [3.63, 3.8) is 0 Å². The summed E-state index contributed by atoms with van der Waals surface area (Å²) in [5.74, 6) is -0.161. The number of methoxy groups -OCH3 is 2. The fourth-order valence-electron chi connectivity index (χ4n) is 2.37. The van der Waals surface area contributed by atoms with Crippen LogP contribution in [0.2, 0.25) is 0 Å². The number of rotatable bonds is 7. The molecule has 0 bridgehead atoms. The van der Waals surface area contributed by atoms with Crippen LogP contribution < -0.4 is 14.8 Å². The molecule has 2 aromatic rings. The number of carboxylic acid groups (broad SMARTS) is 1. The van der Waals surface area contributed by atoms with Crippen LogP contribution in [-0.4, -0.2) is 42.2 Å². The molecule has 0 saturated heterocycles. The predicted octanol–water partition coefficient (Wildman–Crippen LogP) is 2.16. The van der Waals surface area contributed by atoms with E-state index in [4.69, 9.17) is 14.6 Å². The highest BCUT2D eigenvalue weighted by molar-refractivity contribution is 5.95. The summed E-state index contributed by atoms with van der Waals surface area (Å²) in [5, 5.41) is 11.7. The van der Waals surface area contributed by atoms with Crippen LogP contribution in [0.15, 0.2) is 36.5 Å². The molecule has 7 heteroatoms. The minimum Gasteiger partial charge on any atom is -0.493 e. The van der Waals surface area contributed by atoms with Gasteiger partial charge in [-0.25, -0.2) is 9.78 Å². The first-order valence-corrected chi connectivity index (χ1v) is 7.65. The van der Waals surface area contributed by atoms with Crippen molar-refractivity contribution in [2.24, 2.45) is 0 Å². The van der Waals surface area contributed by atoms with Crippen molar-refractivity contribution < 1.29 is 24.2 Å². The first-order chi connectivity index (χ1) is 11.9. The minimum atomic E-state index is -1.13. The van der Waals surface area contributed by atoms with Gasteiger partial charge in [0.1, 0.15) is 5.69 Å². The van der Waals surface area contributed by atoms with E-state index in [0.29, 0.717) is 23.5 Å². The van der Waals surface area contributed by atoms with Crippen molar-refractivity contribution in [2.75, 3.05) is 14.2 Å². The highest BCUT2D eigenvalue weighted by Crippen LogP contribution is 2.27. The number of aromatic nitrogens is 1. The van der Waals surface area contributed by atoms with E-state index in [1.807, 2.05) is 25.1 Å². The van der Waals surface area contributed by atoms with Crippen LogP contribution in [-0.2, 0) is 6.42 Å². The molecule has 0 fully saturated rings. The van der Waals surface area contributed by atoms with Gasteiger partial charge in [0.05, 0.1) is 19.8 Å². The number of aromatic carboxylic acids is 1. The van der Waals surface area contributed by atoms with Crippen LogP contribution in [0.3, 0.4) is 0 Å². The second kappa shape index (κ2) is 8.14. The summed E-state index contributed by atoms with van der Waals surface area (Å²) in [4.78, 5) is 26.7. The van der Waals surface area contributed by atoms with Crippen LogP contribution in [0.5, 0.6) is 11.5 Å². The number of hydrogen-bond acceptors (Lipinski definition) is 5. The first kappa shape index (κ1) is 18.3. The number of ether oxygens (including phenoxy) is 2. The molecule has 0 aliphatic carbocycles. The average Bonchev–Trinajstić information content (AvgIpc) is 2.61. The number of carboxylic acids is 1. The van der Waals surface area contributed by atoms with Crippen LogP contribution in [0.1, 0.15) is 33.3 Å². The molecule has 2 rings (SSSR count). The molecule has 25 heavy (non-hydrogen) atoms. The van der Waals surface area contributed by atoms with E-state index in [2.05, 4.69) is 10.3 Å². The third kappa shape index (κ3) is 4.69. The second-order valence-electron chi connectivity index (χ2n) is 5.51. The molecule has 1 heterocycles. The van der Waals surface area contributed by atoms with E-state index in [0.717, 1.165) is 5.56 Å². The van der Waals surface area contributed by atoms with Gasteiger partial charge in [0.2, 0.25) is 0 Å². The van der Waals surface area contributed by atoms with E-state index < -0.39 is 5.97 Å². The second-order valence-corrected chi connectivity index (χ2v) is 5.51. The Bertz CT molecular complexity index is 759. The molecule has 1 aromatic carbocycles. The van der Waals surface area contributed by atoms with Crippen molar-refractivity contribution in [2.45, 2.75) is 19.4 Å². The van der Waals surface area contributed by atoms with Crippen LogP contribution >= 0.6 is 0 Å². The number of nitrogens with zero attached hydrogens (tertiary/aromatic N) is 1. The molecular formula is C18H20N2O5. The molecule has 0 saturated carbocycles. The average molecular weight is 344 g/mol. The Balaban J connectivity index is 2.00. The molecule has 7 nitrogen and oxygen atoms in total. The van der Waals surface area contributed by atoms with Gasteiger partial charge in [0, 0.05) is 12.2 Å². The number of benzene rings is 1. The lowest BCUT2D eigenvalue weighted by Gasteiger charge is -2.15. The summed E-state index contributed by atoms with van der Waals surface area (Å²) in [5.41, 5.74) is 1.20. The number of hydrogen-bond donors (Lipinski definition) is 2. The maximum absolute atomic E-state index is 12.2. The molecule has 2 N–H and O–H groups in total. The van der Waals surface area contributed by atoms with Crippen LogP contribution in [0, 0.1) is 0 Å². The molecule has 0 aliphatic heterocycles. The Morgan fingerprint density at radius 2 is 1.88 bits per heavy atom. The van der Waals surface area contributed by atoms with E-state index in [9.17, 15) is 9.59 Å². The molecule has 1 atom stereocenters. The lowest BCUT2D eigenvalue weighted by molar-refractivity contribution is 0.0689. The smallest absolute Gasteiger partial charge is 0.354 e. The van der Waals surface area contributed by atoms with Gasteiger partial charge in [-0.15, -0.1) is 0 Å². The van der Waals surface area contributed by atoms with Gasteiger partial charge < -0.3 is 19.9 Å². The Hall–Kier alpha value is -3.09. The maximum atomic E-state index is 12.2. The number of carbonyl (C=O) groups excluding carboxylic acids is 1. The Morgan fingerprint density at radius 3 is 2.44 bits per heavy atom. The van der Waals surface area contributed by atoms with Gasteiger partial charge in [-0.3, -0.25) is 4.79 Å². The third-order valence-corrected chi connectivity index (χ3v) is 3.61. The lowest BCUT2D eigenvalue weighted by atomic mass is 10.1. The normalized spacial score (nSPS) is 11.5. The maximum Gasteiger partial charge on any atom is 0.354 e. The molecule has 0 aliphatic rings. The standard InChI is InChI=1S/C18H20N2O5/c1-11(8-12-4-7-15(24-2)16(9-12)25-3)20-17(21)13-5-6-14(18(22)23)19-10-13/h4-7,9-11H,8H2,1-3H3,(H,20,21)(H,22,23). The van der Waals surface area contributed by atoms with Crippen molar-refractivity contribution >= 4 is 11.9 Å². The van der Waals surface area contributed by atoms with E-state index in [1.165, 1.54) is 18.3 Å². The van der Waals surface area contributed by atoms with Gasteiger partial charge in [0.15, 0.2) is 11.5 Å². The Labute approximate surface area is 145 Å². The van der Waals surface area contributed by atoms with Gasteiger partial charge in [-0.2, -0.15) is 0 Å². The summed E-state index contributed by atoms with van der Waals surface area (Å²) in [6.07, 6.45) is 1.86. The fraction of sp³-hybridized carbons (Fsp3) is 0.278. The first-order valence-electron chi connectivity index (χ1n) is 7.65. The topological polar surface area (TPSA) is 97.8 Å². The molecular weight excluding hydrogens is 324 g/mol. The zero-order valence-corrected chi connectivity index (χ0v) is 14.3. The SMILES string of the molecule is COc1ccc(CC(C)NC(=O)c2ccc(C(=O)O)nc2)cc1OC. The summed E-state index contributed by atoms with van der Waals surface area (Å²) in [6, 6.07) is 8.20. The highest BCUT2D eigenvalue weighted by Gasteiger charge is 2.13. The zero-order chi connectivity index (χ0) is 18.4. The van der Waals surface area contributed by atoms with Gasteiger partial charge in [0.25, 0.3) is 5.91 Å². The summed E-state index contributed by atoms with van der Waals surface area (Å²) < 4.78 is 10.5. The van der Waals surface area contributed by atoms with Gasteiger partial charge >= 0.3 is 5.97 Å². The van der Waals surface area contributed by atoms with Crippen molar-refractivity contribution in [3.8, 4) is 11.5 Å². The largest absolute Gasteiger partial charge is 0.493 e. The monoisotopic (exact) mass is 344 g/mol. The summed E-state index contributed by atoms with van der Waals surface area (Å²) in [6.45, 7) is 1.88. The summed E-state index contributed by atoms with van der Waals surface area (Å²) in [7, 11) is 3.14. The quantitative estimate of drug-likeness (QED) is 0.799. The van der Waals surface area contributed by atoms with Crippen LogP contribution in [0.25, 0.3) is 0 Å². The molecule has 0 spiro atoms. The summed E-state index contributed by atoms with van der Waals surface area (Å²) >= 11 is 0.